The molecular weight excluding hydrogens is 292 g/mol. The molecule has 1 unspecified atom stereocenters. The highest BCUT2D eigenvalue weighted by Gasteiger charge is 2.30. The first-order valence-corrected chi connectivity index (χ1v) is 9.49. The summed E-state index contributed by atoms with van der Waals surface area (Å²) in [4.78, 5) is 0.396. The first kappa shape index (κ1) is 15.7. The van der Waals surface area contributed by atoms with Gasteiger partial charge in [-0.05, 0) is 18.6 Å². The molecule has 0 saturated carbocycles. The molecule has 1 atom stereocenters. The van der Waals surface area contributed by atoms with Crippen molar-refractivity contribution in [2.24, 2.45) is 0 Å². The molecule has 1 aliphatic rings. The molecule has 1 fully saturated rings. The van der Waals surface area contributed by atoms with Crippen LogP contribution in [-0.2, 0) is 10.0 Å². The maximum Gasteiger partial charge on any atom is 0.245 e. The third-order valence-electron chi connectivity index (χ3n) is 3.27. The molecule has 4 nitrogen and oxygen atoms in total. The van der Waals surface area contributed by atoms with Crippen LogP contribution in [0, 0.1) is 0 Å². The van der Waals surface area contributed by atoms with Crippen LogP contribution in [0.5, 0.6) is 0 Å². The normalized spacial score (nSPS) is 20.8. The second-order valence-electron chi connectivity index (χ2n) is 4.97. The van der Waals surface area contributed by atoms with Gasteiger partial charge in [0, 0.05) is 30.6 Å². The molecule has 0 aromatic heterocycles. The van der Waals surface area contributed by atoms with Crippen LogP contribution >= 0.6 is 11.8 Å². The Morgan fingerprint density at radius 3 is 2.85 bits per heavy atom. The van der Waals surface area contributed by atoms with E-state index in [1.165, 1.54) is 0 Å². The Kier molecular flexibility index (Phi) is 5.35. The Bertz CT molecular complexity index is 546. The molecule has 0 bridgehead atoms. The van der Waals surface area contributed by atoms with Crippen molar-refractivity contribution in [1.29, 1.82) is 0 Å². The van der Waals surface area contributed by atoms with Gasteiger partial charge in [0.25, 0.3) is 0 Å². The van der Waals surface area contributed by atoms with Gasteiger partial charge in [-0.2, -0.15) is 16.1 Å². The zero-order chi connectivity index (χ0) is 14.6. The molecule has 0 aliphatic carbocycles. The highest BCUT2D eigenvalue weighted by atomic mass is 32.2. The fourth-order valence-corrected chi connectivity index (χ4v) is 5.16. The summed E-state index contributed by atoms with van der Waals surface area (Å²) in [5.74, 6) is 0.866. The highest BCUT2D eigenvalue weighted by molar-refractivity contribution is 8.00. The molecule has 2 rings (SSSR count). The van der Waals surface area contributed by atoms with Crippen molar-refractivity contribution in [1.82, 2.24) is 4.31 Å². The van der Waals surface area contributed by atoms with Gasteiger partial charge in [-0.3, -0.25) is 0 Å². The van der Waals surface area contributed by atoms with E-state index in [2.05, 4.69) is 19.2 Å². The number of para-hydroxylation sites is 1. The molecule has 1 aromatic rings. The second-order valence-corrected chi connectivity index (χ2v) is 8.42. The largest absolute Gasteiger partial charge is 0.384 e. The van der Waals surface area contributed by atoms with Gasteiger partial charge >= 0.3 is 0 Å². The van der Waals surface area contributed by atoms with Crippen molar-refractivity contribution in [2.45, 2.75) is 30.4 Å². The lowest BCUT2D eigenvalue weighted by atomic mass is 10.3. The molecule has 1 aliphatic heterocycles. The fraction of sp³-hybridized carbons (Fsp3) is 0.571. The molecule has 0 radical (unpaired) electrons. The van der Waals surface area contributed by atoms with Gasteiger partial charge in [0.15, 0.2) is 0 Å². The Morgan fingerprint density at radius 1 is 1.40 bits per heavy atom. The maximum atomic E-state index is 12.8. The van der Waals surface area contributed by atoms with E-state index in [0.717, 1.165) is 18.7 Å². The van der Waals surface area contributed by atoms with E-state index in [0.29, 0.717) is 28.9 Å². The van der Waals surface area contributed by atoms with Crippen LogP contribution in [0.25, 0.3) is 0 Å². The lowest BCUT2D eigenvalue weighted by Gasteiger charge is -2.30. The number of benzene rings is 1. The van der Waals surface area contributed by atoms with E-state index >= 15 is 0 Å². The van der Waals surface area contributed by atoms with Crippen molar-refractivity contribution in [2.75, 3.05) is 30.7 Å². The van der Waals surface area contributed by atoms with Crippen molar-refractivity contribution < 1.29 is 8.42 Å². The summed E-state index contributed by atoms with van der Waals surface area (Å²) >= 11 is 1.83. The first-order chi connectivity index (χ1) is 9.55. The van der Waals surface area contributed by atoms with Gasteiger partial charge in [0.2, 0.25) is 10.0 Å². The molecule has 0 spiro atoms. The summed E-state index contributed by atoms with van der Waals surface area (Å²) in [6.45, 7) is 6.11. The molecule has 1 heterocycles. The third-order valence-corrected chi connectivity index (χ3v) is 6.33. The zero-order valence-corrected chi connectivity index (χ0v) is 13.6. The molecule has 1 N–H and O–H groups in total. The summed E-state index contributed by atoms with van der Waals surface area (Å²) in [6, 6.07) is 7.18. The minimum absolute atomic E-state index is 0.356. The zero-order valence-electron chi connectivity index (χ0n) is 12.0. The molecular formula is C14H22N2O2S2. The Hall–Kier alpha value is -0.720. The molecule has 112 valence electrons. The van der Waals surface area contributed by atoms with Crippen molar-refractivity contribution in [3.63, 3.8) is 0 Å². The van der Waals surface area contributed by atoms with Crippen LogP contribution < -0.4 is 5.32 Å². The Morgan fingerprint density at radius 2 is 2.15 bits per heavy atom. The first-order valence-electron chi connectivity index (χ1n) is 7.00. The van der Waals surface area contributed by atoms with Gasteiger partial charge in [-0.1, -0.05) is 26.0 Å². The number of rotatable bonds is 5. The predicted octanol–water partition coefficient (Wildman–Crippen LogP) is 2.63. The molecule has 1 aromatic carbocycles. The fourth-order valence-electron chi connectivity index (χ4n) is 2.24. The van der Waals surface area contributed by atoms with Crippen LogP contribution in [0.2, 0.25) is 0 Å². The van der Waals surface area contributed by atoms with Crippen molar-refractivity contribution in [3.05, 3.63) is 24.3 Å². The number of thioether (sulfide) groups is 1. The number of sulfonamides is 1. The lowest BCUT2D eigenvalue weighted by Crippen LogP contribution is -2.41. The molecule has 20 heavy (non-hydrogen) atoms. The van der Waals surface area contributed by atoms with Crippen LogP contribution in [0.4, 0.5) is 5.69 Å². The standard InChI is InChI=1S/C14H22N2O2S2/c1-3-8-15-13-6-4-5-7-14(13)20(17,18)16-9-10-19-12(2)11-16/h4-7,12,15H,3,8-11H2,1-2H3. The summed E-state index contributed by atoms with van der Waals surface area (Å²) < 4.78 is 27.2. The van der Waals surface area contributed by atoms with Gasteiger partial charge < -0.3 is 5.32 Å². The average molecular weight is 314 g/mol. The van der Waals surface area contributed by atoms with Crippen molar-refractivity contribution >= 4 is 27.5 Å². The van der Waals surface area contributed by atoms with Crippen LogP contribution in [0.3, 0.4) is 0 Å². The summed E-state index contributed by atoms with van der Waals surface area (Å²) in [7, 11) is -3.40. The minimum Gasteiger partial charge on any atom is -0.384 e. The van der Waals surface area contributed by atoms with E-state index in [4.69, 9.17) is 0 Å². The number of hydrogen-bond donors (Lipinski definition) is 1. The monoisotopic (exact) mass is 314 g/mol. The average Bonchev–Trinajstić information content (AvgIpc) is 2.45. The number of anilines is 1. The van der Waals surface area contributed by atoms with E-state index in [-0.39, 0.29) is 0 Å². The Labute approximate surface area is 126 Å². The minimum atomic E-state index is -3.40. The smallest absolute Gasteiger partial charge is 0.245 e. The molecule has 6 heteroatoms. The number of nitrogens with one attached hydrogen (secondary N) is 1. The summed E-state index contributed by atoms with van der Waals surface area (Å²) in [5.41, 5.74) is 0.709. The SMILES string of the molecule is CCCNc1ccccc1S(=O)(=O)N1CCSC(C)C1. The van der Waals surface area contributed by atoms with Gasteiger partial charge in [-0.25, -0.2) is 8.42 Å². The second kappa shape index (κ2) is 6.83. The quantitative estimate of drug-likeness (QED) is 0.908. The van der Waals surface area contributed by atoms with Gasteiger partial charge in [-0.15, -0.1) is 0 Å². The molecule has 0 amide bonds. The molecule has 1 saturated heterocycles. The van der Waals surface area contributed by atoms with Crippen LogP contribution in [-0.4, -0.2) is 43.4 Å². The summed E-state index contributed by atoms with van der Waals surface area (Å²) in [5, 5.41) is 3.56. The summed E-state index contributed by atoms with van der Waals surface area (Å²) in [6.07, 6.45) is 0.964. The number of nitrogens with zero attached hydrogens (tertiary/aromatic N) is 1. The van der Waals surface area contributed by atoms with Gasteiger partial charge in [0.05, 0.1) is 5.69 Å². The topological polar surface area (TPSA) is 49.4 Å². The predicted molar refractivity (Wildman–Crippen MR) is 85.9 cm³/mol. The maximum absolute atomic E-state index is 12.8. The Balaban J connectivity index is 2.29. The van der Waals surface area contributed by atoms with E-state index in [9.17, 15) is 8.42 Å². The van der Waals surface area contributed by atoms with E-state index in [1.807, 2.05) is 23.9 Å². The van der Waals surface area contributed by atoms with Crippen LogP contribution in [0.15, 0.2) is 29.2 Å². The third kappa shape index (κ3) is 3.48. The van der Waals surface area contributed by atoms with Crippen LogP contribution in [0.1, 0.15) is 20.3 Å². The van der Waals surface area contributed by atoms with E-state index < -0.39 is 10.0 Å². The lowest BCUT2D eigenvalue weighted by molar-refractivity contribution is 0.424. The number of hydrogen-bond acceptors (Lipinski definition) is 4. The van der Waals surface area contributed by atoms with Gasteiger partial charge in [0.1, 0.15) is 4.90 Å². The highest BCUT2D eigenvalue weighted by Crippen LogP contribution is 2.28. The van der Waals surface area contributed by atoms with E-state index in [1.54, 1.807) is 16.4 Å². The van der Waals surface area contributed by atoms with Crippen molar-refractivity contribution in [3.8, 4) is 0 Å².